The summed E-state index contributed by atoms with van der Waals surface area (Å²) in [7, 11) is 0. The van der Waals surface area contributed by atoms with Crippen molar-refractivity contribution < 1.29 is 19.2 Å². The van der Waals surface area contributed by atoms with Gasteiger partial charge in [0.05, 0.1) is 11.3 Å². The molecule has 5 amide bonds. The smallest absolute Gasteiger partial charge is 0.325 e. The second-order valence-corrected chi connectivity index (χ2v) is 9.52. The van der Waals surface area contributed by atoms with Crippen LogP contribution in [0.4, 0.5) is 10.5 Å². The molecule has 2 aliphatic rings. The van der Waals surface area contributed by atoms with Gasteiger partial charge < -0.3 is 16.0 Å². The van der Waals surface area contributed by atoms with Crippen molar-refractivity contribution in [3.8, 4) is 0 Å². The van der Waals surface area contributed by atoms with Crippen LogP contribution in [0.5, 0.6) is 0 Å². The van der Waals surface area contributed by atoms with E-state index >= 15 is 0 Å². The van der Waals surface area contributed by atoms with Crippen LogP contribution >= 0.6 is 0 Å². The number of carbonyl (C=O) groups excluding carboxylic acids is 4. The Morgan fingerprint density at radius 1 is 1.06 bits per heavy atom. The van der Waals surface area contributed by atoms with E-state index in [-0.39, 0.29) is 11.8 Å². The minimum atomic E-state index is -0.892. The fraction of sp³-hybridized carbons (Fsp3) is 0.407. The van der Waals surface area contributed by atoms with Crippen molar-refractivity contribution in [1.29, 1.82) is 0 Å². The highest BCUT2D eigenvalue weighted by atomic mass is 16.2. The highest BCUT2D eigenvalue weighted by molar-refractivity contribution is 6.11. The number of hydrogen-bond acceptors (Lipinski definition) is 4. The molecule has 1 aliphatic heterocycles. The van der Waals surface area contributed by atoms with Crippen molar-refractivity contribution in [3.05, 3.63) is 65.2 Å². The molecule has 0 atom stereocenters. The summed E-state index contributed by atoms with van der Waals surface area (Å²) in [6.07, 6.45) is 4.01. The normalized spacial score (nSPS) is 21.7. The van der Waals surface area contributed by atoms with Crippen molar-refractivity contribution in [3.63, 3.8) is 0 Å². The Kier molecular flexibility index (Phi) is 7.19. The number of para-hydroxylation sites is 1. The van der Waals surface area contributed by atoms with E-state index in [9.17, 15) is 19.2 Å². The van der Waals surface area contributed by atoms with Gasteiger partial charge in [0.25, 0.3) is 11.8 Å². The molecule has 2 fully saturated rings. The van der Waals surface area contributed by atoms with Gasteiger partial charge in [0.1, 0.15) is 12.1 Å². The van der Waals surface area contributed by atoms with E-state index in [0.717, 1.165) is 35.3 Å². The molecule has 2 aromatic carbocycles. The number of anilines is 1. The average Bonchev–Trinajstić information content (AvgIpc) is 3.08. The Labute approximate surface area is 205 Å². The van der Waals surface area contributed by atoms with E-state index in [0.29, 0.717) is 36.6 Å². The van der Waals surface area contributed by atoms with Gasteiger partial charge in [0, 0.05) is 6.54 Å². The maximum absolute atomic E-state index is 13.1. The molecular formula is C27H32N4O4. The number of aryl methyl sites for hydroxylation is 1. The monoisotopic (exact) mass is 476 g/mol. The van der Waals surface area contributed by atoms with Crippen LogP contribution in [0.1, 0.15) is 60.5 Å². The van der Waals surface area contributed by atoms with Crippen LogP contribution in [0.2, 0.25) is 0 Å². The molecule has 0 bridgehead atoms. The summed E-state index contributed by atoms with van der Waals surface area (Å²) in [5, 5.41) is 8.40. The second kappa shape index (κ2) is 10.3. The van der Waals surface area contributed by atoms with E-state index in [4.69, 9.17) is 0 Å². The highest BCUT2D eigenvalue weighted by Gasteiger charge is 2.52. The van der Waals surface area contributed by atoms with E-state index < -0.39 is 24.0 Å². The number of imide groups is 1. The van der Waals surface area contributed by atoms with Crippen molar-refractivity contribution in [2.24, 2.45) is 5.92 Å². The molecule has 8 heteroatoms. The van der Waals surface area contributed by atoms with Gasteiger partial charge >= 0.3 is 6.03 Å². The first-order valence-corrected chi connectivity index (χ1v) is 12.2. The molecule has 1 saturated heterocycles. The Hall–Kier alpha value is -3.68. The minimum Gasteiger partial charge on any atom is -0.348 e. The topological polar surface area (TPSA) is 108 Å². The van der Waals surface area contributed by atoms with Crippen LogP contribution in [-0.4, -0.2) is 40.7 Å². The van der Waals surface area contributed by atoms with Gasteiger partial charge in [-0.3, -0.25) is 19.3 Å². The summed E-state index contributed by atoms with van der Waals surface area (Å²) in [5.41, 5.74) is 1.84. The lowest BCUT2D eigenvalue weighted by Crippen LogP contribution is -2.49. The van der Waals surface area contributed by atoms with Crippen molar-refractivity contribution >= 4 is 29.4 Å². The molecule has 184 valence electrons. The van der Waals surface area contributed by atoms with Gasteiger partial charge in [0.15, 0.2) is 0 Å². The molecule has 1 saturated carbocycles. The molecule has 0 unspecified atom stereocenters. The molecule has 4 rings (SSSR count). The van der Waals surface area contributed by atoms with E-state index in [1.54, 1.807) is 24.3 Å². The highest BCUT2D eigenvalue weighted by Crippen LogP contribution is 2.37. The van der Waals surface area contributed by atoms with Gasteiger partial charge in [-0.1, -0.05) is 55.3 Å². The Bertz CT molecular complexity index is 1120. The SMILES string of the molecule is CCC1CCC2(CC1)NC(=O)N(CC(=O)Nc1ccccc1C(=O)NCc1ccc(C)cc1)C2=O. The Morgan fingerprint density at radius 2 is 1.74 bits per heavy atom. The number of nitrogens with zero attached hydrogens (tertiary/aromatic N) is 1. The van der Waals surface area contributed by atoms with Crippen molar-refractivity contribution in [1.82, 2.24) is 15.5 Å². The van der Waals surface area contributed by atoms with Gasteiger partial charge in [-0.05, 0) is 56.2 Å². The Balaban J connectivity index is 1.38. The number of nitrogens with one attached hydrogen (secondary N) is 3. The van der Waals surface area contributed by atoms with Crippen molar-refractivity contribution in [2.75, 3.05) is 11.9 Å². The lowest BCUT2D eigenvalue weighted by Gasteiger charge is -2.34. The summed E-state index contributed by atoms with van der Waals surface area (Å²) in [6.45, 7) is 4.08. The van der Waals surface area contributed by atoms with Crippen LogP contribution in [-0.2, 0) is 16.1 Å². The standard InChI is InChI=1S/C27H32N4O4/c1-3-19-12-14-27(15-13-19)25(34)31(26(35)30-27)17-23(32)29-22-7-5-4-6-21(22)24(33)28-16-20-10-8-18(2)9-11-20/h4-11,19H,3,12-17H2,1-2H3,(H,28,33)(H,29,32)(H,30,35). The molecule has 1 spiro atoms. The second-order valence-electron chi connectivity index (χ2n) is 9.52. The average molecular weight is 477 g/mol. The summed E-state index contributed by atoms with van der Waals surface area (Å²) >= 11 is 0. The molecule has 1 aliphatic carbocycles. The molecule has 1 heterocycles. The van der Waals surface area contributed by atoms with Crippen molar-refractivity contribution in [2.45, 2.75) is 58.0 Å². The summed E-state index contributed by atoms with van der Waals surface area (Å²) < 4.78 is 0. The maximum atomic E-state index is 13.1. The fourth-order valence-electron chi connectivity index (χ4n) is 4.84. The summed E-state index contributed by atoms with van der Waals surface area (Å²) in [5.74, 6) is -0.637. The van der Waals surface area contributed by atoms with Gasteiger partial charge in [-0.25, -0.2) is 4.79 Å². The molecular weight excluding hydrogens is 444 g/mol. The van der Waals surface area contributed by atoms with E-state index in [2.05, 4.69) is 22.9 Å². The predicted molar refractivity (Wildman–Crippen MR) is 133 cm³/mol. The van der Waals surface area contributed by atoms with Gasteiger partial charge in [0.2, 0.25) is 5.91 Å². The Morgan fingerprint density at radius 3 is 2.43 bits per heavy atom. The number of rotatable bonds is 7. The number of amides is 5. The van der Waals surface area contributed by atoms with Crippen LogP contribution in [0.3, 0.4) is 0 Å². The van der Waals surface area contributed by atoms with Crippen LogP contribution in [0.15, 0.2) is 48.5 Å². The quantitative estimate of drug-likeness (QED) is 0.529. The number of urea groups is 1. The zero-order valence-corrected chi connectivity index (χ0v) is 20.2. The summed E-state index contributed by atoms with van der Waals surface area (Å²) in [4.78, 5) is 52.2. The molecule has 3 N–H and O–H groups in total. The summed E-state index contributed by atoms with van der Waals surface area (Å²) in [6, 6.07) is 14.0. The lowest BCUT2D eigenvalue weighted by atomic mass is 9.75. The molecule has 2 aromatic rings. The van der Waals surface area contributed by atoms with Gasteiger partial charge in [-0.2, -0.15) is 0 Å². The number of carbonyl (C=O) groups is 4. The lowest BCUT2D eigenvalue weighted by molar-refractivity contribution is -0.135. The third-order valence-electron chi connectivity index (χ3n) is 7.10. The third kappa shape index (κ3) is 5.37. The van der Waals surface area contributed by atoms with Crippen LogP contribution in [0, 0.1) is 12.8 Å². The number of hydrogen-bond donors (Lipinski definition) is 3. The van der Waals surface area contributed by atoms with Crippen LogP contribution < -0.4 is 16.0 Å². The first-order valence-electron chi connectivity index (χ1n) is 12.2. The van der Waals surface area contributed by atoms with E-state index in [1.165, 1.54) is 0 Å². The third-order valence-corrected chi connectivity index (χ3v) is 7.10. The first-order chi connectivity index (χ1) is 16.8. The maximum Gasteiger partial charge on any atom is 0.325 e. The molecule has 35 heavy (non-hydrogen) atoms. The first kappa shape index (κ1) is 24.4. The minimum absolute atomic E-state index is 0.305. The fourth-order valence-corrected chi connectivity index (χ4v) is 4.84. The van der Waals surface area contributed by atoms with Crippen LogP contribution in [0.25, 0.3) is 0 Å². The predicted octanol–water partition coefficient (Wildman–Crippen LogP) is 3.75. The van der Waals surface area contributed by atoms with E-state index in [1.807, 2.05) is 31.2 Å². The van der Waals surface area contributed by atoms with Gasteiger partial charge in [-0.15, -0.1) is 0 Å². The number of benzene rings is 2. The zero-order valence-electron chi connectivity index (χ0n) is 20.2. The largest absolute Gasteiger partial charge is 0.348 e. The zero-order chi connectivity index (χ0) is 25.0. The molecule has 8 nitrogen and oxygen atoms in total. The molecule has 0 aromatic heterocycles. The molecule has 0 radical (unpaired) electrons.